The average Bonchev–Trinajstić information content (AvgIpc) is 3.00. The molecule has 0 saturated heterocycles. The zero-order valence-corrected chi connectivity index (χ0v) is 14.2. The van der Waals surface area contributed by atoms with Crippen molar-refractivity contribution >= 4 is 28.2 Å². The van der Waals surface area contributed by atoms with E-state index in [4.69, 9.17) is 26.8 Å². The largest absolute Gasteiger partial charge is 0.493 e. The molecule has 0 atom stereocenters. The SMILES string of the molecule is COc1ccc(CC(=O)Cl)cc1OC.NCCc1cccs1. The van der Waals surface area contributed by atoms with Crippen molar-refractivity contribution in [3.63, 3.8) is 0 Å². The Morgan fingerprint density at radius 3 is 2.45 bits per heavy atom. The molecule has 0 saturated carbocycles. The second kappa shape index (κ2) is 10.2. The van der Waals surface area contributed by atoms with Crippen molar-refractivity contribution in [3.05, 3.63) is 46.2 Å². The molecule has 1 aromatic heterocycles. The summed E-state index contributed by atoms with van der Waals surface area (Å²) in [4.78, 5) is 12.0. The maximum absolute atomic E-state index is 10.7. The van der Waals surface area contributed by atoms with Crippen LogP contribution in [0.2, 0.25) is 0 Å². The predicted molar refractivity (Wildman–Crippen MR) is 91.2 cm³/mol. The van der Waals surface area contributed by atoms with Gasteiger partial charge in [0.05, 0.1) is 14.2 Å². The highest BCUT2D eigenvalue weighted by molar-refractivity contribution is 7.09. The molecule has 2 N–H and O–H groups in total. The average molecular weight is 342 g/mol. The molecule has 1 heterocycles. The molecule has 22 heavy (non-hydrogen) atoms. The van der Waals surface area contributed by atoms with Crippen LogP contribution >= 0.6 is 22.9 Å². The van der Waals surface area contributed by atoms with Crippen molar-refractivity contribution in [2.24, 2.45) is 5.73 Å². The van der Waals surface area contributed by atoms with Gasteiger partial charge in [-0.25, -0.2) is 0 Å². The van der Waals surface area contributed by atoms with Gasteiger partial charge in [-0.3, -0.25) is 4.79 Å². The van der Waals surface area contributed by atoms with E-state index in [2.05, 4.69) is 17.5 Å². The molecule has 1 aromatic carbocycles. The summed E-state index contributed by atoms with van der Waals surface area (Å²) in [6.45, 7) is 0.764. The molecule has 6 heteroatoms. The molecule has 0 bridgehead atoms. The van der Waals surface area contributed by atoms with E-state index in [0.29, 0.717) is 11.5 Å². The summed E-state index contributed by atoms with van der Waals surface area (Å²) in [7, 11) is 3.11. The molecule has 0 aliphatic carbocycles. The number of carbonyl (C=O) groups excluding carboxylic acids is 1. The number of carbonyl (C=O) groups is 1. The van der Waals surface area contributed by atoms with Crippen molar-refractivity contribution < 1.29 is 14.3 Å². The van der Waals surface area contributed by atoms with E-state index >= 15 is 0 Å². The first-order valence-corrected chi connectivity index (χ1v) is 7.98. The van der Waals surface area contributed by atoms with Crippen LogP contribution in [-0.2, 0) is 17.6 Å². The van der Waals surface area contributed by atoms with Crippen molar-refractivity contribution in [2.75, 3.05) is 20.8 Å². The van der Waals surface area contributed by atoms with Gasteiger partial charge in [0.25, 0.3) is 0 Å². The van der Waals surface area contributed by atoms with Gasteiger partial charge in [-0.2, -0.15) is 0 Å². The quantitative estimate of drug-likeness (QED) is 0.819. The van der Waals surface area contributed by atoms with E-state index in [1.165, 1.54) is 4.88 Å². The van der Waals surface area contributed by atoms with Crippen LogP contribution in [0, 0.1) is 0 Å². The van der Waals surface area contributed by atoms with Gasteiger partial charge < -0.3 is 15.2 Å². The molecule has 0 aliphatic heterocycles. The second-order valence-corrected chi connectivity index (χ2v) is 5.79. The topological polar surface area (TPSA) is 61.5 Å². The second-order valence-electron chi connectivity index (χ2n) is 4.34. The first kappa shape index (κ1) is 18.5. The van der Waals surface area contributed by atoms with Crippen LogP contribution in [0.5, 0.6) is 11.5 Å². The minimum atomic E-state index is -0.391. The van der Waals surface area contributed by atoms with Crippen LogP contribution in [0.3, 0.4) is 0 Å². The Morgan fingerprint density at radius 1 is 1.23 bits per heavy atom. The number of thiophene rings is 1. The number of rotatable bonds is 6. The standard InChI is InChI=1S/C10H11ClO3.C6H9NS/c1-13-8-4-3-7(6-10(11)12)5-9(8)14-2;7-4-3-6-2-1-5-8-6/h3-5H,6H2,1-2H3;1-2,5H,3-4,7H2. The molecule has 120 valence electrons. The van der Waals surface area contributed by atoms with Gasteiger partial charge in [0.2, 0.25) is 5.24 Å². The number of hydrogen-bond donors (Lipinski definition) is 1. The normalized spacial score (nSPS) is 9.64. The third-order valence-corrected chi connectivity index (χ3v) is 3.83. The Bertz CT molecular complexity index is 573. The van der Waals surface area contributed by atoms with Crippen LogP contribution in [0.25, 0.3) is 0 Å². The van der Waals surface area contributed by atoms with E-state index in [1.54, 1.807) is 43.8 Å². The molecule has 0 unspecified atom stereocenters. The number of hydrogen-bond acceptors (Lipinski definition) is 5. The maximum atomic E-state index is 10.7. The molecule has 2 aromatic rings. The Balaban J connectivity index is 0.000000255. The number of benzene rings is 1. The maximum Gasteiger partial charge on any atom is 0.226 e. The fourth-order valence-corrected chi connectivity index (χ4v) is 2.63. The first-order valence-electron chi connectivity index (χ1n) is 6.72. The van der Waals surface area contributed by atoms with Crippen molar-refractivity contribution in [1.82, 2.24) is 0 Å². The fraction of sp³-hybridized carbons (Fsp3) is 0.312. The van der Waals surface area contributed by atoms with Crippen molar-refractivity contribution in [2.45, 2.75) is 12.8 Å². The number of methoxy groups -OCH3 is 2. The molecule has 0 aliphatic rings. The van der Waals surface area contributed by atoms with E-state index in [9.17, 15) is 4.79 Å². The Kier molecular flexibility index (Phi) is 8.58. The molecular formula is C16H20ClNO3S. The minimum absolute atomic E-state index is 0.196. The fourth-order valence-electron chi connectivity index (χ4n) is 1.75. The smallest absolute Gasteiger partial charge is 0.226 e. The molecule has 4 nitrogen and oxygen atoms in total. The van der Waals surface area contributed by atoms with Gasteiger partial charge in [0.1, 0.15) is 0 Å². The summed E-state index contributed by atoms with van der Waals surface area (Å²) in [6, 6.07) is 9.42. The summed E-state index contributed by atoms with van der Waals surface area (Å²) in [6.07, 6.45) is 1.22. The lowest BCUT2D eigenvalue weighted by Crippen LogP contribution is -2.00. The zero-order valence-electron chi connectivity index (χ0n) is 12.7. The minimum Gasteiger partial charge on any atom is -0.493 e. The van der Waals surface area contributed by atoms with E-state index < -0.39 is 5.24 Å². The molecule has 0 spiro atoms. The molecule has 0 amide bonds. The van der Waals surface area contributed by atoms with Crippen molar-refractivity contribution in [1.29, 1.82) is 0 Å². The summed E-state index contributed by atoms with van der Waals surface area (Å²) >= 11 is 7.04. The Hall–Kier alpha value is -1.56. The van der Waals surface area contributed by atoms with Gasteiger partial charge in [-0.05, 0) is 53.7 Å². The third kappa shape index (κ3) is 6.47. The summed E-state index contributed by atoms with van der Waals surface area (Å²) < 4.78 is 10.1. The summed E-state index contributed by atoms with van der Waals surface area (Å²) in [5, 5.41) is 1.68. The molecule has 2 rings (SSSR count). The highest BCUT2D eigenvalue weighted by Gasteiger charge is 2.06. The number of nitrogens with two attached hydrogens (primary N) is 1. The Labute approximate surface area is 139 Å². The number of ether oxygens (including phenoxy) is 2. The highest BCUT2D eigenvalue weighted by Crippen LogP contribution is 2.27. The highest BCUT2D eigenvalue weighted by atomic mass is 35.5. The number of halogens is 1. The lowest BCUT2D eigenvalue weighted by molar-refractivity contribution is -0.111. The summed E-state index contributed by atoms with van der Waals surface area (Å²) in [5.41, 5.74) is 6.13. The van der Waals surface area contributed by atoms with Gasteiger partial charge in [0.15, 0.2) is 11.5 Å². The first-order chi connectivity index (χ1) is 10.6. The van der Waals surface area contributed by atoms with Gasteiger partial charge >= 0.3 is 0 Å². The van der Waals surface area contributed by atoms with Gasteiger partial charge in [-0.15, -0.1) is 11.3 Å². The van der Waals surface area contributed by atoms with Crippen molar-refractivity contribution in [3.8, 4) is 11.5 Å². The zero-order chi connectivity index (χ0) is 16.4. The lowest BCUT2D eigenvalue weighted by Gasteiger charge is -2.08. The lowest BCUT2D eigenvalue weighted by atomic mass is 10.1. The van der Waals surface area contributed by atoms with Crippen LogP contribution in [0.15, 0.2) is 35.7 Å². The predicted octanol–water partition coefficient (Wildman–Crippen LogP) is 3.26. The molecular weight excluding hydrogens is 322 g/mol. The van der Waals surface area contributed by atoms with Crippen LogP contribution in [0.4, 0.5) is 0 Å². The van der Waals surface area contributed by atoms with Crippen LogP contribution in [-0.4, -0.2) is 26.0 Å². The van der Waals surface area contributed by atoms with E-state index in [-0.39, 0.29) is 6.42 Å². The molecule has 0 fully saturated rings. The Morgan fingerprint density at radius 2 is 1.95 bits per heavy atom. The summed E-state index contributed by atoms with van der Waals surface area (Å²) in [5.74, 6) is 1.24. The monoisotopic (exact) mass is 341 g/mol. The van der Waals surface area contributed by atoms with Crippen LogP contribution in [0.1, 0.15) is 10.4 Å². The van der Waals surface area contributed by atoms with Crippen LogP contribution < -0.4 is 15.2 Å². The van der Waals surface area contributed by atoms with Gasteiger partial charge in [-0.1, -0.05) is 12.1 Å². The third-order valence-electron chi connectivity index (χ3n) is 2.76. The van der Waals surface area contributed by atoms with E-state index in [0.717, 1.165) is 18.5 Å². The van der Waals surface area contributed by atoms with Gasteiger partial charge in [0, 0.05) is 11.3 Å². The molecule has 0 radical (unpaired) electrons. The van der Waals surface area contributed by atoms with E-state index in [1.807, 2.05) is 0 Å².